The number of rotatable bonds is 6. The van der Waals surface area contributed by atoms with Crippen LogP contribution in [0.3, 0.4) is 0 Å². The molecule has 0 fully saturated rings. The Bertz CT molecular complexity index is 471. The topological polar surface area (TPSA) is 58.6 Å². The highest BCUT2D eigenvalue weighted by atomic mass is 16.5. The van der Waals surface area contributed by atoms with E-state index >= 15 is 0 Å². The van der Waals surface area contributed by atoms with Gasteiger partial charge in [0.2, 0.25) is 0 Å². The first-order chi connectivity index (χ1) is 8.81. The van der Waals surface area contributed by atoms with E-state index in [1.165, 1.54) is 0 Å². The third-order valence-electron chi connectivity index (χ3n) is 3.42. The van der Waals surface area contributed by atoms with Crippen LogP contribution >= 0.6 is 0 Å². The molecular weight excluding hydrogens is 242 g/mol. The van der Waals surface area contributed by atoms with E-state index in [9.17, 15) is 9.90 Å². The third kappa shape index (κ3) is 3.47. The number of aliphatic carboxylic acids is 1. The molecule has 0 heterocycles. The van der Waals surface area contributed by atoms with Crippen LogP contribution in [-0.2, 0) is 4.79 Å². The van der Waals surface area contributed by atoms with E-state index in [1.807, 2.05) is 39.8 Å². The Morgan fingerprint density at radius 1 is 1.32 bits per heavy atom. The summed E-state index contributed by atoms with van der Waals surface area (Å²) in [4.78, 5) is 11.3. The predicted molar refractivity (Wildman–Crippen MR) is 75.9 cm³/mol. The average molecular weight is 265 g/mol. The second kappa shape index (κ2) is 6.06. The molecule has 106 valence electrons. The van der Waals surface area contributed by atoms with Gasteiger partial charge in [-0.1, -0.05) is 19.1 Å². The molecule has 19 heavy (non-hydrogen) atoms. The van der Waals surface area contributed by atoms with Crippen molar-refractivity contribution in [1.29, 1.82) is 0 Å². The second-order valence-corrected chi connectivity index (χ2v) is 5.11. The third-order valence-corrected chi connectivity index (χ3v) is 3.42. The molecule has 0 amide bonds. The Labute approximate surface area is 114 Å². The Morgan fingerprint density at radius 3 is 2.42 bits per heavy atom. The predicted octanol–water partition coefficient (Wildman–Crippen LogP) is 2.44. The number of ether oxygens (including phenoxy) is 1. The summed E-state index contributed by atoms with van der Waals surface area (Å²) in [6.45, 7) is 10.2. The lowest BCUT2D eigenvalue weighted by Gasteiger charge is -2.26. The van der Waals surface area contributed by atoms with Gasteiger partial charge in [0.15, 0.2) is 0 Å². The molecule has 2 N–H and O–H groups in total. The normalized spacial score (nSPS) is 13.9. The smallest absolute Gasteiger partial charge is 0.327 e. The van der Waals surface area contributed by atoms with Crippen molar-refractivity contribution in [2.75, 3.05) is 13.2 Å². The molecule has 0 saturated heterocycles. The minimum Gasteiger partial charge on any atom is -0.490 e. The Balaban J connectivity index is 2.92. The average Bonchev–Trinajstić information content (AvgIpc) is 2.34. The highest BCUT2D eigenvalue weighted by Gasteiger charge is 2.33. The van der Waals surface area contributed by atoms with E-state index in [2.05, 4.69) is 5.32 Å². The number of carbonyl (C=O) groups is 1. The lowest BCUT2D eigenvalue weighted by atomic mass is 10.0. The standard InChI is InChI=1S/C15H23NO3/c1-6-16-15(5,14(17)18)9-19-13-11(3)8-7-10(2)12(13)4/h7-8,16H,6,9H2,1-5H3,(H,17,18). The van der Waals surface area contributed by atoms with Crippen molar-refractivity contribution >= 4 is 5.97 Å². The van der Waals surface area contributed by atoms with Crippen molar-refractivity contribution in [1.82, 2.24) is 5.32 Å². The van der Waals surface area contributed by atoms with Crippen LogP contribution in [0.15, 0.2) is 12.1 Å². The fraction of sp³-hybridized carbons (Fsp3) is 0.533. The second-order valence-electron chi connectivity index (χ2n) is 5.11. The molecule has 4 nitrogen and oxygen atoms in total. The molecule has 1 unspecified atom stereocenters. The lowest BCUT2D eigenvalue weighted by molar-refractivity contribution is -0.145. The summed E-state index contributed by atoms with van der Waals surface area (Å²) < 4.78 is 5.78. The van der Waals surface area contributed by atoms with E-state index < -0.39 is 11.5 Å². The van der Waals surface area contributed by atoms with Gasteiger partial charge in [0, 0.05) is 0 Å². The summed E-state index contributed by atoms with van der Waals surface area (Å²) in [5.41, 5.74) is 2.15. The van der Waals surface area contributed by atoms with Crippen molar-refractivity contribution in [2.45, 2.75) is 40.2 Å². The SMILES string of the molecule is CCNC(C)(COc1c(C)ccc(C)c1C)C(=O)O. The first kappa shape index (κ1) is 15.5. The summed E-state index contributed by atoms with van der Waals surface area (Å²) in [7, 11) is 0. The maximum absolute atomic E-state index is 11.3. The van der Waals surface area contributed by atoms with Gasteiger partial charge in [-0.2, -0.15) is 0 Å². The minimum absolute atomic E-state index is 0.0985. The van der Waals surface area contributed by atoms with E-state index in [0.717, 1.165) is 22.4 Å². The summed E-state index contributed by atoms with van der Waals surface area (Å²) in [6, 6.07) is 4.03. The molecular formula is C15H23NO3. The Hall–Kier alpha value is -1.55. The molecule has 0 aliphatic carbocycles. The van der Waals surface area contributed by atoms with Crippen LogP contribution < -0.4 is 10.1 Å². The zero-order valence-electron chi connectivity index (χ0n) is 12.3. The molecule has 0 spiro atoms. The maximum Gasteiger partial charge on any atom is 0.327 e. The number of likely N-dealkylation sites (N-methyl/N-ethyl adjacent to an activating group) is 1. The first-order valence-corrected chi connectivity index (χ1v) is 6.50. The molecule has 4 heteroatoms. The molecule has 0 bridgehead atoms. The van der Waals surface area contributed by atoms with Crippen LogP contribution in [0.2, 0.25) is 0 Å². The largest absolute Gasteiger partial charge is 0.490 e. The van der Waals surface area contributed by atoms with Gasteiger partial charge in [0.25, 0.3) is 0 Å². The van der Waals surface area contributed by atoms with Gasteiger partial charge in [0.1, 0.15) is 17.9 Å². The molecule has 0 saturated carbocycles. The zero-order chi connectivity index (χ0) is 14.6. The minimum atomic E-state index is -1.07. The fourth-order valence-electron chi connectivity index (χ4n) is 1.94. The van der Waals surface area contributed by atoms with Crippen LogP contribution in [0.5, 0.6) is 5.75 Å². The molecule has 0 aromatic heterocycles. The van der Waals surface area contributed by atoms with E-state index in [1.54, 1.807) is 6.92 Å². The van der Waals surface area contributed by atoms with Gasteiger partial charge in [-0.05, 0) is 50.9 Å². The molecule has 1 aromatic rings. The van der Waals surface area contributed by atoms with Crippen LogP contribution in [0.4, 0.5) is 0 Å². The summed E-state index contributed by atoms with van der Waals surface area (Å²) >= 11 is 0. The number of hydrogen-bond donors (Lipinski definition) is 2. The summed E-state index contributed by atoms with van der Waals surface area (Å²) in [5.74, 6) is -0.123. The molecule has 1 aromatic carbocycles. The summed E-state index contributed by atoms with van der Waals surface area (Å²) in [6.07, 6.45) is 0. The number of carboxylic acids is 1. The monoisotopic (exact) mass is 265 g/mol. The first-order valence-electron chi connectivity index (χ1n) is 6.50. The van der Waals surface area contributed by atoms with Crippen molar-refractivity contribution < 1.29 is 14.6 Å². The van der Waals surface area contributed by atoms with Crippen LogP contribution in [-0.4, -0.2) is 29.8 Å². The summed E-state index contributed by atoms with van der Waals surface area (Å²) in [5, 5.41) is 12.3. The number of hydrogen-bond acceptors (Lipinski definition) is 3. The molecule has 1 atom stereocenters. The molecule has 0 aliphatic heterocycles. The molecule has 0 radical (unpaired) electrons. The number of benzene rings is 1. The Kier molecular flexibility index (Phi) is 4.95. The number of carboxylic acid groups (broad SMARTS) is 1. The van der Waals surface area contributed by atoms with Gasteiger partial charge in [-0.25, -0.2) is 0 Å². The zero-order valence-corrected chi connectivity index (χ0v) is 12.3. The number of nitrogens with one attached hydrogen (secondary N) is 1. The lowest BCUT2D eigenvalue weighted by Crippen LogP contribution is -2.53. The Morgan fingerprint density at radius 2 is 1.89 bits per heavy atom. The van der Waals surface area contributed by atoms with E-state index in [-0.39, 0.29) is 6.61 Å². The fourth-order valence-corrected chi connectivity index (χ4v) is 1.94. The van der Waals surface area contributed by atoms with Crippen LogP contribution in [0.25, 0.3) is 0 Å². The van der Waals surface area contributed by atoms with Crippen LogP contribution in [0, 0.1) is 20.8 Å². The highest BCUT2D eigenvalue weighted by molar-refractivity contribution is 5.78. The van der Waals surface area contributed by atoms with E-state index in [0.29, 0.717) is 6.54 Å². The van der Waals surface area contributed by atoms with Crippen molar-refractivity contribution in [3.63, 3.8) is 0 Å². The highest BCUT2D eigenvalue weighted by Crippen LogP contribution is 2.26. The molecule has 0 aliphatic rings. The van der Waals surface area contributed by atoms with Gasteiger partial charge in [0.05, 0.1) is 0 Å². The van der Waals surface area contributed by atoms with Crippen molar-refractivity contribution in [3.8, 4) is 5.75 Å². The van der Waals surface area contributed by atoms with Gasteiger partial charge >= 0.3 is 5.97 Å². The van der Waals surface area contributed by atoms with Crippen molar-refractivity contribution in [2.24, 2.45) is 0 Å². The van der Waals surface area contributed by atoms with Gasteiger partial charge in [-0.15, -0.1) is 0 Å². The van der Waals surface area contributed by atoms with E-state index in [4.69, 9.17) is 4.74 Å². The van der Waals surface area contributed by atoms with Gasteiger partial charge in [-0.3, -0.25) is 10.1 Å². The quantitative estimate of drug-likeness (QED) is 0.829. The maximum atomic E-state index is 11.3. The number of aryl methyl sites for hydroxylation is 2. The molecule has 1 rings (SSSR count). The van der Waals surface area contributed by atoms with Gasteiger partial charge < -0.3 is 9.84 Å². The van der Waals surface area contributed by atoms with Crippen LogP contribution in [0.1, 0.15) is 30.5 Å². The van der Waals surface area contributed by atoms with Crippen molar-refractivity contribution in [3.05, 3.63) is 28.8 Å².